The molecule has 0 aliphatic heterocycles. The summed E-state index contributed by atoms with van der Waals surface area (Å²) in [6, 6.07) is 0. The van der Waals surface area contributed by atoms with Crippen molar-refractivity contribution >= 4 is 29.5 Å². The van der Waals surface area contributed by atoms with Crippen LogP contribution in [0.25, 0.3) is 0 Å². The molecular formula is C9H10Cl2O2. The van der Waals surface area contributed by atoms with Crippen LogP contribution in [0.4, 0.5) is 0 Å². The standard InChI is InChI=1S/C9H10Cl2O2/c10-9(11)6-1-2-7(9)8(5-6)13-4-3-12/h1,6-8H,2,4-5H2. The predicted octanol–water partition coefficient (Wildman–Crippen LogP) is 1.90. The van der Waals surface area contributed by atoms with Crippen molar-refractivity contribution in [3.63, 3.8) is 0 Å². The second-order valence-corrected chi connectivity index (χ2v) is 5.03. The largest absolute Gasteiger partial charge is 0.370 e. The summed E-state index contributed by atoms with van der Waals surface area (Å²) in [6.45, 7) is 0.0255. The van der Waals surface area contributed by atoms with Gasteiger partial charge in [0.1, 0.15) is 10.9 Å². The smallest absolute Gasteiger partial charge is 0.226 e. The molecule has 2 radical (unpaired) electrons. The van der Waals surface area contributed by atoms with Crippen molar-refractivity contribution in [3.8, 4) is 0 Å². The molecule has 0 spiro atoms. The zero-order valence-corrected chi connectivity index (χ0v) is 8.52. The lowest BCUT2D eigenvalue weighted by atomic mass is 9.98. The molecule has 0 heterocycles. The molecule has 2 aliphatic carbocycles. The SMILES string of the molecule is O=[C]COC1CC2[CH]CC1C2(Cl)Cl. The van der Waals surface area contributed by atoms with Crippen LogP contribution in [0, 0.1) is 18.3 Å². The molecule has 0 aromatic carbocycles. The molecule has 0 amide bonds. The monoisotopic (exact) mass is 220 g/mol. The quantitative estimate of drug-likeness (QED) is 0.680. The molecule has 0 aromatic rings. The van der Waals surface area contributed by atoms with Gasteiger partial charge < -0.3 is 4.74 Å². The fourth-order valence-electron chi connectivity index (χ4n) is 2.29. The second kappa shape index (κ2) is 3.41. The molecule has 2 nitrogen and oxygen atoms in total. The average molecular weight is 221 g/mol. The van der Waals surface area contributed by atoms with E-state index in [1.807, 2.05) is 0 Å². The van der Waals surface area contributed by atoms with E-state index in [-0.39, 0.29) is 24.5 Å². The summed E-state index contributed by atoms with van der Waals surface area (Å²) in [4.78, 5) is 10.0. The first-order valence-electron chi connectivity index (χ1n) is 4.34. The Hall–Kier alpha value is 0.210. The Bertz CT molecular complexity index is 218. The van der Waals surface area contributed by atoms with Gasteiger partial charge in [0.2, 0.25) is 6.29 Å². The number of hydrogen-bond acceptors (Lipinski definition) is 2. The van der Waals surface area contributed by atoms with Gasteiger partial charge in [0.25, 0.3) is 0 Å². The van der Waals surface area contributed by atoms with Crippen LogP contribution in [0.1, 0.15) is 12.8 Å². The fraction of sp³-hybridized carbons (Fsp3) is 0.778. The van der Waals surface area contributed by atoms with Gasteiger partial charge in [-0.15, -0.1) is 23.2 Å². The minimum Gasteiger partial charge on any atom is -0.370 e. The lowest BCUT2D eigenvalue weighted by Crippen LogP contribution is -2.26. The van der Waals surface area contributed by atoms with E-state index in [1.54, 1.807) is 6.29 Å². The van der Waals surface area contributed by atoms with Crippen molar-refractivity contribution in [2.45, 2.75) is 23.3 Å². The molecular weight excluding hydrogens is 211 g/mol. The van der Waals surface area contributed by atoms with Gasteiger partial charge in [-0.25, -0.2) is 0 Å². The van der Waals surface area contributed by atoms with Crippen molar-refractivity contribution in [2.75, 3.05) is 6.61 Å². The molecule has 2 saturated carbocycles. The Kier molecular flexibility index (Phi) is 2.56. The summed E-state index contributed by atoms with van der Waals surface area (Å²) in [5.41, 5.74) is 0. The lowest BCUT2D eigenvalue weighted by Gasteiger charge is -2.22. The molecule has 2 aliphatic rings. The molecule has 2 fully saturated rings. The highest BCUT2D eigenvalue weighted by Gasteiger charge is 2.58. The molecule has 0 saturated heterocycles. The molecule has 0 aromatic heterocycles. The summed E-state index contributed by atoms with van der Waals surface area (Å²) >= 11 is 12.3. The maximum absolute atomic E-state index is 10.0. The van der Waals surface area contributed by atoms with E-state index < -0.39 is 4.33 Å². The highest BCUT2D eigenvalue weighted by Crippen LogP contribution is 2.58. The van der Waals surface area contributed by atoms with Gasteiger partial charge in [0.05, 0.1) is 6.10 Å². The summed E-state index contributed by atoms with van der Waals surface area (Å²) in [6.07, 6.45) is 5.62. The Morgan fingerprint density at radius 3 is 2.85 bits per heavy atom. The van der Waals surface area contributed by atoms with Gasteiger partial charge in [0, 0.05) is 5.92 Å². The Morgan fingerprint density at radius 1 is 1.62 bits per heavy atom. The van der Waals surface area contributed by atoms with Crippen molar-refractivity contribution in [3.05, 3.63) is 6.42 Å². The molecule has 0 N–H and O–H groups in total. The Morgan fingerprint density at radius 2 is 2.38 bits per heavy atom. The summed E-state index contributed by atoms with van der Waals surface area (Å²) < 4.78 is 4.64. The van der Waals surface area contributed by atoms with Crippen LogP contribution in [0.3, 0.4) is 0 Å². The summed E-state index contributed by atoms with van der Waals surface area (Å²) in [7, 11) is 0. The maximum atomic E-state index is 10.0. The van der Waals surface area contributed by atoms with Crippen molar-refractivity contribution in [2.24, 2.45) is 11.8 Å². The summed E-state index contributed by atoms with van der Waals surface area (Å²) in [5.74, 6) is 0.367. The average Bonchev–Trinajstić information content (AvgIpc) is 2.52. The third-order valence-electron chi connectivity index (χ3n) is 2.95. The topological polar surface area (TPSA) is 26.3 Å². The highest BCUT2D eigenvalue weighted by molar-refractivity contribution is 6.49. The van der Waals surface area contributed by atoms with Gasteiger partial charge in [-0.1, -0.05) is 0 Å². The van der Waals surface area contributed by atoms with E-state index in [2.05, 4.69) is 6.42 Å². The first-order valence-corrected chi connectivity index (χ1v) is 5.09. The van der Waals surface area contributed by atoms with E-state index in [0.717, 1.165) is 12.8 Å². The number of ether oxygens (including phenoxy) is 1. The van der Waals surface area contributed by atoms with Crippen molar-refractivity contribution in [1.82, 2.24) is 0 Å². The van der Waals surface area contributed by atoms with Crippen molar-refractivity contribution < 1.29 is 9.53 Å². The van der Waals surface area contributed by atoms with Crippen LogP contribution in [-0.2, 0) is 9.53 Å². The second-order valence-electron chi connectivity index (χ2n) is 3.59. The summed E-state index contributed by atoms with van der Waals surface area (Å²) in [5, 5.41) is 0. The van der Waals surface area contributed by atoms with Crippen molar-refractivity contribution in [1.29, 1.82) is 0 Å². The van der Waals surface area contributed by atoms with Gasteiger partial charge in [-0.05, 0) is 25.2 Å². The Labute approximate surface area is 87.5 Å². The number of rotatable bonds is 3. The van der Waals surface area contributed by atoms with E-state index in [4.69, 9.17) is 27.9 Å². The first-order chi connectivity index (χ1) is 6.16. The minimum absolute atomic E-state index is 0.0255. The molecule has 2 bridgehead atoms. The molecule has 4 heteroatoms. The lowest BCUT2D eigenvalue weighted by molar-refractivity contribution is 0.0445. The zero-order valence-electron chi connectivity index (χ0n) is 7.00. The van der Waals surface area contributed by atoms with E-state index in [0.29, 0.717) is 0 Å². The number of halogens is 2. The van der Waals surface area contributed by atoms with Crippen LogP contribution in [0.2, 0.25) is 0 Å². The van der Waals surface area contributed by atoms with Gasteiger partial charge >= 0.3 is 0 Å². The molecule has 13 heavy (non-hydrogen) atoms. The van der Waals surface area contributed by atoms with Crippen LogP contribution in [0.15, 0.2) is 0 Å². The third kappa shape index (κ3) is 1.49. The van der Waals surface area contributed by atoms with Gasteiger partial charge in [0.15, 0.2) is 0 Å². The van der Waals surface area contributed by atoms with Crippen LogP contribution < -0.4 is 0 Å². The van der Waals surface area contributed by atoms with E-state index in [1.165, 1.54) is 0 Å². The first kappa shape index (κ1) is 9.75. The number of hydrogen-bond donors (Lipinski definition) is 0. The van der Waals surface area contributed by atoms with E-state index in [9.17, 15) is 4.79 Å². The van der Waals surface area contributed by atoms with Gasteiger partial charge in [-0.2, -0.15) is 0 Å². The Balaban J connectivity index is 2.00. The van der Waals surface area contributed by atoms with Crippen LogP contribution in [-0.4, -0.2) is 23.3 Å². The third-order valence-corrected chi connectivity index (χ3v) is 4.08. The van der Waals surface area contributed by atoms with Crippen LogP contribution in [0.5, 0.6) is 0 Å². The maximum Gasteiger partial charge on any atom is 0.226 e. The predicted molar refractivity (Wildman–Crippen MR) is 50.4 cm³/mol. The van der Waals surface area contributed by atoms with Gasteiger partial charge in [-0.3, -0.25) is 4.79 Å². The zero-order chi connectivity index (χ0) is 9.47. The molecule has 3 atom stereocenters. The molecule has 2 rings (SSSR count). The highest BCUT2D eigenvalue weighted by atomic mass is 35.5. The molecule has 3 unspecified atom stereocenters. The number of carbonyl (C=O) groups excluding carboxylic acids is 1. The van der Waals surface area contributed by atoms with E-state index >= 15 is 0 Å². The minimum atomic E-state index is -0.673. The number of fused-ring (bicyclic) bond motifs is 2. The normalized spacial score (nSPS) is 40.9. The fourth-order valence-corrected chi connectivity index (χ4v) is 3.11. The molecule has 72 valence electrons. The number of alkyl halides is 2. The van der Waals surface area contributed by atoms with Crippen LogP contribution >= 0.6 is 23.2 Å².